The quantitative estimate of drug-likeness (QED) is 0.118. The van der Waals surface area contributed by atoms with Crippen molar-refractivity contribution >= 4 is 30.2 Å². The first-order valence-corrected chi connectivity index (χ1v) is 11.6. The predicted octanol–water partition coefficient (Wildman–Crippen LogP) is 1.40. The molecule has 1 heterocycles. The fourth-order valence-corrected chi connectivity index (χ4v) is 3.42. The molecule has 0 aliphatic carbocycles. The zero-order valence-electron chi connectivity index (χ0n) is 21.7. The smallest absolute Gasteiger partial charge is 0.303 e. The van der Waals surface area contributed by atoms with E-state index >= 15 is 0 Å². The average Bonchev–Trinajstić information content (AvgIpc) is 2.88. The molecule has 0 amide bonds. The highest BCUT2D eigenvalue weighted by Gasteiger charge is 2.43. The number of nitrogens with zero attached hydrogens (tertiary/aromatic N) is 1. The number of aromatic nitrogens is 1. The molecule has 0 aliphatic heterocycles. The van der Waals surface area contributed by atoms with E-state index in [2.05, 4.69) is 4.98 Å². The van der Waals surface area contributed by atoms with Crippen molar-refractivity contribution in [3.05, 3.63) is 59.9 Å². The van der Waals surface area contributed by atoms with Gasteiger partial charge < -0.3 is 28.9 Å². The van der Waals surface area contributed by atoms with Gasteiger partial charge in [-0.15, -0.1) is 0 Å². The molecular weight excluding hydrogens is 518 g/mol. The SMILES string of the molecule is CC(=O)O[C@H]([C@H](OC(C)=O)[C@H](C=O)OC(C)=O)[C@@H](COOc1ccc(C(O)c2ccccn2)cc1)OC(C)=O. The molecule has 13 heteroatoms. The largest absolute Gasteiger partial charge is 0.456 e. The zero-order valence-corrected chi connectivity index (χ0v) is 21.7. The number of esters is 4. The maximum atomic E-state index is 11.9. The Bertz CT molecular complexity index is 1120. The molecule has 1 N–H and O–H groups in total. The van der Waals surface area contributed by atoms with Crippen LogP contribution in [-0.2, 0) is 47.8 Å². The van der Waals surface area contributed by atoms with E-state index in [1.54, 1.807) is 36.5 Å². The zero-order chi connectivity index (χ0) is 28.9. The van der Waals surface area contributed by atoms with Crippen LogP contribution in [0.15, 0.2) is 48.7 Å². The van der Waals surface area contributed by atoms with Gasteiger partial charge >= 0.3 is 23.9 Å². The molecule has 2 aromatic rings. The van der Waals surface area contributed by atoms with Crippen LogP contribution < -0.4 is 4.89 Å². The molecule has 5 atom stereocenters. The Morgan fingerprint density at radius 3 is 1.92 bits per heavy atom. The molecule has 0 saturated heterocycles. The molecule has 1 unspecified atom stereocenters. The highest BCUT2D eigenvalue weighted by atomic mass is 17.2. The summed E-state index contributed by atoms with van der Waals surface area (Å²) < 4.78 is 20.4. The van der Waals surface area contributed by atoms with Crippen molar-refractivity contribution in [3.8, 4) is 5.75 Å². The summed E-state index contributed by atoms with van der Waals surface area (Å²) in [5.41, 5.74) is 0.983. The summed E-state index contributed by atoms with van der Waals surface area (Å²) in [6, 6.07) is 11.3. The molecule has 39 heavy (non-hydrogen) atoms. The minimum Gasteiger partial charge on any atom is -0.456 e. The number of carbonyl (C=O) groups excluding carboxylic acids is 5. The van der Waals surface area contributed by atoms with Crippen molar-refractivity contribution < 1.29 is 57.8 Å². The molecule has 0 radical (unpaired) electrons. The van der Waals surface area contributed by atoms with Crippen molar-refractivity contribution in [2.24, 2.45) is 0 Å². The number of pyridine rings is 1. The first kappa shape index (κ1) is 30.9. The van der Waals surface area contributed by atoms with Crippen LogP contribution in [0.4, 0.5) is 0 Å². The fourth-order valence-electron chi connectivity index (χ4n) is 3.42. The number of aldehydes is 1. The summed E-state index contributed by atoms with van der Waals surface area (Å²) >= 11 is 0. The van der Waals surface area contributed by atoms with E-state index in [0.717, 1.165) is 27.7 Å². The Morgan fingerprint density at radius 2 is 1.41 bits per heavy atom. The van der Waals surface area contributed by atoms with Crippen molar-refractivity contribution in [1.29, 1.82) is 0 Å². The molecule has 1 aromatic heterocycles. The number of rotatable bonds is 14. The maximum Gasteiger partial charge on any atom is 0.303 e. The monoisotopic (exact) mass is 547 g/mol. The van der Waals surface area contributed by atoms with Gasteiger partial charge in [-0.25, -0.2) is 0 Å². The minimum absolute atomic E-state index is 0.175. The second-order valence-corrected chi connectivity index (χ2v) is 8.10. The normalized spacial score (nSPS) is 14.5. The number of hydrogen-bond acceptors (Lipinski definition) is 13. The van der Waals surface area contributed by atoms with Crippen LogP contribution in [0.1, 0.15) is 45.1 Å². The van der Waals surface area contributed by atoms with Crippen LogP contribution in [0, 0.1) is 0 Å². The van der Waals surface area contributed by atoms with Crippen LogP contribution in [0.25, 0.3) is 0 Å². The number of benzene rings is 1. The second-order valence-electron chi connectivity index (χ2n) is 8.10. The summed E-state index contributed by atoms with van der Waals surface area (Å²) in [6.45, 7) is 3.56. The minimum atomic E-state index is -1.70. The Balaban J connectivity index is 2.21. The summed E-state index contributed by atoms with van der Waals surface area (Å²) in [6.07, 6.45) is -5.74. The number of carbonyl (C=O) groups is 5. The van der Waals surface area contributed by atoms with Gasteiger partial charge in [0, 0.05) is 33.9 Å². The van der Waals surface area contributed by atoms with Gasteiger partial charge in [0.25, 0.3) is 0 Å². The van der Waals surface area contributed by atoms with E-state index in [1.165, 1.54) is 12.1 Å². The molecule has 0 bridgehead atoms. The third-order valence-electron chi connectivity index (χ3n) is 4.92. The topological polar surface area (TPSA) is 174 Å². The first-order valence-electron chi connectivity index (χ1n) is 11.6. The van der Waals surface area contributed by atoms with Crippen molar-refractivity contribution in [2.75, 3.05) is 6.61 Å². The van der Waals surface area contributed by atoms with Crippen LogP contribution in [-0.4, -0.2) is 71.3 Å². The van der Waals surface area contributed by atoms with Gasteiger partial charge in [-0.1, -0.05) is 18.2 Å². The van der Waals surface area contributed by atoms with Gasteiger partial charge in [0.1, 0.15) is 12.7 Å². The fraction of sp³-hybridized carbons (Fsp3) is 0.385. The molecule has 0 fully saturated rings. The van der Waals surface area contributed by atoms with Gasteiger partial charge in [0.2, 0.25) is 0 Å². The lowest BCUT2D eigenvalue weighted by atomic mass is 10.0. The van der Waals surface area contributed by atoms with Gasteiger partial charge in [0.15, 0.2) is 36.5 Å². The Kier molecular flexibility index (Phi) is 12.0. The third kappa shape index (κ3) is 10.1. The van der Waals surface area contributed by atoms with Gasteiger partial charge in [0.05, 0.1) is 5.69 Å². The lowest BCUT2D eigenvalue weighted by Gasteiger charge is -2.33. The van der Waals surface area contributed by atoms with Crippen LogP contribution in [0.5, 0.6) is 5.75 Å². The summed E-state index contributed by atoms with van der Waals surface area (Å²) in [5, 5.41) is 10.5. The Hall–Kier alpha value is -4.36. The summed E-state index contributed by atoms with van der Waals surface area (Å²) in [4.78, 5) is 73.1. The molecule has 2 rings (SSSR count). The highest BCUT2D eigenvalue weighted by molar-refractivity contribution is 5.72. The molecule has 0 aliphatic rings. The molecule has 0 spiro atoms. The molecular formula is C26H29NO12. The number of aliphatic hydroxyl groups is 1. The lowest BCUT2D eigenvalue weighted by Crippen LogP contribution is -2.53. The van der Waals surface area contributed by atoms with E-state index in [0.29, 0.717) is 11.3 Å². The Labute approximate surface area is 223 Å². The molecule has 1 aromatic carbocycles. The highest BCUT2D eigenvalue weighted by Crippen LogP contribution is 2.23. The van der Waals surface area contributed by atoms with Crippen molar-refractivity contribution in [1.82, 2.24) is 4.98 Å². The van der Waals surface area contributed by atoms with Crippen LogP contribution in [0.3, 0.4) is 0 Å². The van der Waals surface area contributed by atoms with Crippen molar-refractivity contribution in [2.45, 2.75) is 58.2 Å². The number of aliphatic hydroxyl groups excluding tert-OH is 1. The summed E-state index contributed by atoms with van der Waals surface area (Å²) in [5.74, 6) is -3.30. The average molecular weight is 548 g/mol. The molecule has 0 saturated carbocycles. The predicted molar refractivity (Wildman–Crippen MR) is 130 cm³/mol. The number of ether oxygens (including phenoxy) is 4. The molecule has 13 nitrogen and oxygen atoms in total. The second kappa shape index (κ2) is 15.1. The lowest BCUT2D eigenvalue weighted by molar-refractivity contribution is -0.247. The standard InChI is InChI=1S/C26H29NO12/c1-15(29)35-22(13-28)25(37-17(3)31)26(38-18(4)32)23(36-16(2)30)14-34-39-20-10-8-19(9-11-20)24(33)21-7-5-6-12-27-21/h5-13,22-26,33H,14H2,1-4H3/t22-,23+,24?,25+,26-/m0/s1. The van der Waals surface area contributed by atoms with E-state index in [-0.39, 0.29) is 12.0 Å². The van der Waals surface area contributed by atoms with E-state index in [1.807, 2.05) is 0 Å². The van der Waals surface area contributed by atoms with Gasteiger partial charge in [-0.05, 0) is 29.8 Å². The van der Waals surface area contributed by atoms with E-state index in [9.17, 15) is 29.1 Å². The van der Waals surface area contributed by atoms with Crippen LogP contribution >= 0.6 is 0 Å². The Morgan fingerprint density at radius 1 is 0.821 bits per heavy atom. The van der Waals surface area contributed by atoms with Crippen LogP contribution in [0.2, 0.25) is 0 Å². The first-order chi connectivity index (χ1) is 18.5. The van der Waals surface area contributed by atoms with E-state index in [4.69, 9.17) is 28.7 Å². The van der Waals surface area contributed by atoms with Gasteiger partial charge in [-0.3, -0.25) is 29.0 Å². The van der Waals surface area contributed by atoms with Gasteiger partial charge in [-0.2, -0.15) is 4.89 Å². The third-order valence-corrected chi connectivity index (χ3v) is 4.92. The van der Waals surface area contributed by atoms with Crippen molar-refractivity contribution in [3.63, 3.8) is 0 Å². The summed E-state index contributed by atoms with van der Waals surface area (Å²) in [7, 11) is 0. The number of hydrogen-bond donors (Lipinski definition) is 1. The van der Waals surface area contributed by atoms with E-state index < -0.39 is 61.0 Å². The maximum absolute atomic E-state index is 11.9. The molecule has 210 valence electrons.